The molecule has 1 unspecified atom stereocenters. The standard InChI is InChI=1S/C15H16BrN3O2/c16-11-1-4-13(10(7-11)8-17)19-5-6-21-9-14(19)15(20)18-12-2-3-12/h1,4,7,12,14H,2-3,5-6,9H2,(H,18,20). The molecule has 0 radical (unpaired) electrons. The minimum Gasteiger partial charge on any atom is -0.377 e. The molecule has 1 saturated heterocycles. The molecule has 5 nitrogen and oxygen atoms in total. The predicted octanol–water partition coefficient (Wildman–Crippen LogP) is 1.80. The van der Waals surface area contributed by atoms with Crippen LogP contribution >= 0.6 is 15.9 Å². The van der Waals surface area contributed by atoms with Crippen molar-refractivity contribution >= 4 is 27.5 Å². The first kappa shape index (κ1) is 14.4. The van der Waals surface area contributed by atoms with E-state index in [9.17, 15) is 10.1 Å². The van der Waals surface area contributed by atoms with Crippen LogP contribution in [0.1, 0.15) is 18.4 Å². The number of amides is 1. The van der Waals surface area contributed by atoms with Gasteiger partial charge in [-0.2, -0.15) is 5.26 Å². The van der Waals surface area contributed by atoms with Gasteiger partial charge in [-0.1, -0.05) is 15.9 Å². The summed E-state index contributed by atoms with van der Waals surface area (Å²) in [6, 6.07) is 7.70. The number of nitrogens with one attached hydrogen (secondary N) is 1. The lowest BCUT2D eigenvalue weighted by atomic mass is 10.1. The van der Waals surface area contributed by atoms with E-state index in [1.54, 1.807) is 6.07 Å². The largest absolute Gasteiger partial charge is 0.377 e. The lowest BCUT2D eigenvalue weighted by molar-refractivity contribution is -0.124. The Morgan fingerprint density at radius 2 is 2.29 bits per heavy atom. The van der Waals surface area contributed by atoms with E-state index in [0.29, 0.717) is 31.4 Å². The number of halogens is 1. The molecule has 0 bridgehead atoms. The van der Waals surface area contributed by atoms with Crippen LogP contribution in [0, 0.1) is 11.3 Å². The first-order valence-electron chi connectivity index (χ1n) is 7.03. The second kappa shape index (κ2) is 6.04. The zero-order valence-electron chi connectivity index (χ0n) is 11.5. The average molecular weight is 350 g/mol. The number of nitriles is 1. The maximum Gasteiger partial charge on any atom is 0.245 e. The van der Waals surface area contributed by atoms with Crippen LogP contribution in [0.25, 0.3) is 0 Å². The van der Waals surface area contributed by atoms with Crippen molar-refractivity contribution in [3.8, 4) is 6.07 Å². The van der Waals surface area contributed by atoms with Crippen molar-refractivity contribution in [2.45, 2.75) is 24.9 Å². The van der Waals surface area contributed by atoms with Gasteiger partial charge in [0.2, 0.25) is 5.91 Å². The lowest BCUT2D eigenvalue weighted by Gasteiger charge is -2.36. The molecule has 2 aliphatic rings. The molecule has 1 N–H and O–H groups in total. The molecule has 2 fully saturated rings. The number of hydrogen-bond donors (Lipinski definition) is 1. The Labute approximate surface area is 132 Å². The Hall–Kier alpha value is -1.58. The first-order valence-corrected chi connectivity index (χ1v) is 7.83. The summed E-state index contributed by atoms with van der Waals surface area (Å²) in [6.07, 6.45) is 2.11. The van der Waals surface area contributed by atoms with Crippen LogP contribution in [0.5, 0.6) is 0 Å². The lowest BCUT2D eigenvalue weighted by Crippen LogP contribution is -2.54. The SMILES string of the molecule is N#Cc1cc(Br)ccc1N1CCOCC1C(=O)NC1CC1. The first-order chi connectivity index (χ1) is 10.2. The summed E-state index contributed by atoms with van der Waals surface area (Å²) >= 11 is 3.37. The maximum absolute atomic E-state index is 12.4. The van der Waals surface area contributed by atoms with Gasteiger partial charge in [-0.3, -0.25) is 4.79 Å². The zero-order valence-corrected chi connectivity index (χ0v) is 13.1. The molecule has 21 heavy (non-hydrogen) atoms. The van der Waals surface area contributed by atoms with E-state index < -0.39 is 0 Å². The average Bonchev–Trinajstić information content (AvgIpc) is 3.31. The highest BCUT2D eigenvalue weighted by atomic mass is 79.9. The van der Waals surface area contributed by atoms with Crippen LogP contribution < -0.4 is 10.2 Å². The highest BCUT2D eigenvalue weighted by Gasteiger charge is 2.34. The fourth-order valence-electron chi connectivity index (χ4n) is 2.48. The van der Waals surface area contributed by atoms with Crippen molar-refractivity contribution in [1.82, 2.24) is 5.32 Å². The molecule has 1 aliphatic carbocycles. The van der Waals surface area contributed by atoms with Gasteiger partial charge in [0.05, 0.1) is 24.5 Å². The minimum absolute atomic E-state index is 0.0102. The van der Waals surface area contributed by atoms with Crippen LogP contribution in [-0.4, -0.2) is 37.7 Å². The number of carbonyl (C=O) groups is 1. The number of ether oxygens (including phenoxy) is 1. The van der Waals surface area contributed by atoms with Gasteiger partial charge in [-0.05, 0) is 31.0 Å². The molecule has 0 aromatic heterocycles. The molecule has 1 aromatic carbocycles. The molecule has 1 saturated carbocycles. The number of morpholine rings is 1. The number of anilines is 1. The highest BCUT2D eigenvalue weighted by molar-refractivity contribution is 9.10. The number of benzene rings is 1. The van der Waals surface area contributed by atoms with Crippen molar-refractivity contribution < 1.29 is 9.53 Å². The zero-order chi connectivity index (χ0) is 14.8. The molecule has 1 amide bonds. The summed E-state index contributed by atoms with van der Waals surface area (Å²) in [5, 5.41) is 12.3. The van der Waals surface area contributed by atoms with Gasteiger partial charge in [0.1, 0.15) is 12.1 Å². The Balaban J connectivity index is 1.86. The van der Waals surface area contributed by atoms with Crippen LogP contribution in [0.15, 0.2) is 22.7 Å². The maximum atomic E-state index is 12.4. The Bertz CT molecular complexity index is 595. The summed E-state index contributed by atoms with van der Waals surface area (Å²) in [5.41, 5.74) is 1.36. The third-order valence-corrected chi connectivity index (χ3v) is 4.24. The van der Waals surface area contributed by atoms with E-state index in [4.69, 9.17) is 4.74 Å². The minimum atomic E-state index is -0.368. The van der Waals surface area contributed by atoms with E-state index in [1.807, 2.05) is 17.0 Å². The molecule has 3 rings (SSSR count). The van der Waals surface area contributed by atoms with E-state index in [1.165, 1.54) is 0 Å². The second-order valence-electron chi connectivity index (χ2n) is 5.34. The van der Waals surface area contributed by atoms with E-state index in [0.717, 1.165) is 23.0 Å². The molecule has 1 aliphatic heterocycles. The van der Waals surface area contributed by atoms with E-state index in [-0.39, 0.29) is 11.9 Å². The molecule has 0 spiro atoms. The molecular formula is C15H16BrN3O2. The summed E-state index contributed by atoms with van der Waals surface area (Å²) in [6.45, 7) is 1.53. The predicted molar refractivity (Wildman–Crippen MR) is 82.0 cm³/mol. The third kappa shape index (κ3) is 3.20. The monoisotopic (exact) mass is 349 g/mol. The Morgan fingerprint density at radius 3 is 3.00 bits per heavy atom. The van der Waals surface area contributed by atoms with Crippen LogP contribution in [0.2, 0.25) is 0 Å². The summed E-state index contributed by atoms with van der Waals surface area (Å²) in [5.74, 6) is -0.0102. The number of carbonyl (C=O) groups excluding carboxylic acids is 1. The number of hydrogen-bond acceptors (Lipinski definition) is 4. The Kier molecular flexibility index (Phi) is 4.13. The van der Waals surface area contributed by atoms with Crippen molar-refractivity contribution in [1.29, 1.82) is 5.26 Å². The molecule has 110 valence electrons. The van der Waals surface area contributed by atoms with Gasteiger partial charge < -0.3 is 15.0 Å². The molecule has 1 aromatic rings. The number of nitrogens with zero attached hydrogens (tertiary/aromatic N) is 2. The van der Waals surface area contributed by atoms with Gasteiger partial charge in [0, 0.05) is 17.1 Å². The van der Waals surface area contributed by atoms with Crippen LogP contribution in [-0.2, 0) is 9.53 Å². The van der Waals surface area contributed by atoms with Gasteiger partial charge in [-0.25, -0.2) is 0 Å². The topological polar surface area (TPSA) is 65.4 Å². The Morgan fingerprint density at radius 1 is 1.48 bits per heavy atom. The van der Waals surface area contributed by atoms with E-state index in [2.05, 4.69) is 27.3 Å². The van der Waals surface area contributed by atoms with Gasteiger partial charge >= 0.3 is 0 Å². The summed E-state index contributed by atoms with van der Waals surface area (Å²) in [4.78, 5) is 14.4. The van der Waals surface area contributed by atoms with Crippen molar-refractivity contribution in [2.75, 3.05) is 24.7 Å². The van der Waals surface area contributed by atoms with Crippen molar-refractivity contribution in [3.63, 3.8) is 0 Å². The highest BCUT2D eigenvalue weighted by Crippen LogP contribution is 2.27. The summed E-state index contributed by atoms with van der Waals surface area (Å²) in [7, 11) is 0. The quantitative estimate of drug-likeness (QED) is 0.903. The van der Waals surface area contributed by atoms with Crippen LogP contribution in [0.3, 0.4) is 0 Å². The number of rotatable bonds is 3. The van der Waals surface area contributed by atoms with E-state index >= 15 is 0 Å². The molecule has 6 heteroatoms. The van der Waals surface area contributed by atoms with Gasteiger partial charge in [-0.15, -0.1) is 0 Å². The molecule has 1 heterocycles. The smallest absolute Gasteiger partial charge is 0.245 e. The molecular weight excluding hydrogens is 334 g/mol. The summed E-state index contributed by atoms with van der Waals surface area (Å²) < 4.78 is 6.32. The molecule has 1 atom stereocenters. The van der Waals surface area contributed by atoms with Crippen molar-refractivity contribution in [3.05, 3.63) is 28.2 Å². The fraction of sp³-hybridized carbons (Fsp3) is 0.467. The normalized spacial score (nSPS) is 21.7. The second-order valence-corrected chi connectivity index (χ2v) is 6.26. The fourth-order valence-corrected chi connectivity index (χ4v) is 2.84. The third-order valence-electron chi connectivity index (χ3n) is 3.74. The van der Waals surface area contributed by atoms with Crippen molar-refractivity contribution in [2.24, 2.45) is 0 Å². The van der Waals surface area contributed by atoms with Gasteiger partial charge in [0.15, 0.2) is 0 Å². The van der Waals surface area contributed by atoms with Gasteiger partial charge in [0.25, 0.3) is 0 Å². The van der Waals surface area contributed by atoms with Crippen LogP contribution in [0.4, 0.5) is 5.69 Å².